The van der Waals surface area contributed by atoms with Crippen LogP contribution < -0.4 is 0 Å². The van der Waals surface area contributed by atoms with Gasteiger partial charge in [-0.3, -0.25) is 4.18 Å². The van der Waals surface area contributed by atoms with Gasteiger partial charge in [-0.2, -0.15) is 8.42 Å². The van der Waals surface area contributed by atoms with Crippen molar-refractivity contribution in [3.8, 4) is 0 Å². The summed E-state index contributed by atoms with van der Waals surface area (Å²) < 4.78 is 65.4. The summed E-state index contributed by atoms with van der Waals surface area (Å²) in [6.07, 6.45) is -4.16. The second-order valence-electron chi connectivity index (χ2n) is 12.2. The van der Waals surface area contributed by atoms with Gasteiger partial charge in [0, 0.05) is 0 Å². The van der Waals surface area contributed by atoms with Gasteiger partial charge < -0.3 is 23.7 Å². The van der Waals surface area contributed by atoms with Crippen LogP contribution in [0.1, 0.15) is 27.8 Å². The molecule has 0 spiro atoms. The molecule has 8 nitrogen and oxygen atoms in total. The highest BCUT2D eigenvalue weighted by atomic mass is 32.2. The van der Waals surface area contributed by atoms with Gasteiger partial charge in [0.2, 0.25) is 0 Å². The van der Waals surface area contributed by atoms with Gasteiger partial charge in [0.1, 0.15) is 24.4 Å². The maximum atomic E-state index is 13.4. The van der Waals surface area contributed by atoms with Crippen LogP contribution in [0.25, 0.3) is 0 Å². The molecule has 0 radical (unpaired) electrons. The molecule has 5 aromatic carbocycles. The molecule has 0 aliphatic carbocycles. The maximum absolute atomic E-state index is 13.4. The first-order chi connectivity index (χ1) is 24.4. The van der Waals surface area contributed by atoms with E-state index in [0.717, 1.165) is 27.8 Å². The lowest BCUT2D eigenvalue weighted by Gasteiger charge is -2.45. The Morgan fingerprint density at radius 1 is 0.500 bits per heavy atom. The van der Waals surface area contributed by atoms with Crippen LogP contribution in [0, 0.1) is 6.92 Å². The third-order valence-corrected chi connectivity index (χ3v) is 9.70. The molecule has 0 aromatic heterocycles. The highest BCUT2D eigenvalue weighted by Crippen LogP contribution is 2.32. The predicted octanol–water partition coefficient (Wildman–Crippen LogP) is 7.40. The molecule has 0 N–H and O–H groups in total. The van der Waals surface area contributed by atoms with E-state index in [1.165, 1.54) is 12.1 Å². The van der Waals surface area contributed by atoms with E-state index < -0.39 is 40.8 Å². The molecule has 0 amide bonds. The van der Waals surface area contributed by atoms with Crippen molar-refractivity contribution in [2.75, 3.05) is 6.61 Å². The van der Waals surface area contributed by atoms with Crippen LogP contribution in [0.15, 0.2) is 150 Å². The summed E-state index contributed by atoms with van der Waals surface area (Å²) in [5.74, 6) is 0. The van der Waals surface area contributed by atoms with E-state index in [1.807, 2.05) is 128 Å². The summed E-state index contributed by atoms with van der Waals surface area (Å²) in [5, 5.41) is 0. The topological polar surface area (TPSA) is 89.5 Å². The van der Waals surface area contributed by atoms with Crippen molar-refractivity contribution in [1.82, 2.24) is 0 Å². The molecular weight excluding hydrogens is 653 g/mol. The summed E-state index contributed by atoms with van der Waals surface area (Å²) in [6, 6.07) is 45.7. The zero-order valence-electron chi connectivity index (χ0n) is 28.0. The number of ether oxygens (including phenoxy) is 5. The number of benzene rings is 5. The zero-order valence-corrected chi connectivity index (χ0v) is 28.8. The van der Waals surface area contributed by atoms with E-state index >= 15 is 0 Å². The van der Waals surface area contributed by atoms with Crippen molar-refractivity contribution in [2.24, 2.45) is 0 Å². The lowest BCUT2D eigenvalue weighted by molar-refractivity contribution is -0.328. The van der Waals surface area contributed by atoms with E-state index in [9.17, 15) is 8.42 Å². The van der Waals surface area contributed by atoms with Crippen molar-refractivity contribution >= 4 is 10.1 Å². The minimum atomic E-state index is -4.12. The number of hydrogen-bond acceptors (Lipinski definition) is 8. The Labute approximate surface area is 294 Å². The van der Waals surface area contributed by atoms with Crippen molar-refractivity contribution in [3.63, 3.8) is 0 Å². The van der Waals surface area contributed by atoms with E-state index in [0.29, 0.717) is 0 Å². The first kappa shape index (κ1) is 35.6. The fourth-order valence-electron chi connectivity index (χ4n) is 5.70. The standard InChI is InChI=1S/C41H42O8S/c1-31-22-24-36(25-23-31)50(42,43)48-30-37-38(44-26-32-14-6-2-7-15-32)39(45-27-33-16-8-3-9-17-33)40(46-28-34-18-10-4-11-19-34)41(49-37)47-29-35-20-12-5-13-21-35/h2-25,37-41H,26-30H2,1H3/t37-,38-,39+,40-,41-/m1/s1. The van der Waals surface area contributed by atoms with Crippen LogP contribution in [0.3, 0.4) is 0 Å². The third kappa shape index (κ3) is 9.95. The Bertz CT molecular complexity index is 1820. The molecule has 1 aliphatic heterocycles. The molecule has 260 valence electrons. The van der Waals surface area contributed by atoms with Crippen molar-refractivity contribution in [2.45, 2.75) is 69.0 Å². The minimum Gasteiger partial charge on any atom is -0.368 e. The number of aryl methyl sites for hydroxylation is 1. The van der Waals surface area contributed by atoms with Crippen LogP contribution >= 0.6 is 0 Å². The summed E-state index contributed by atoms with van der Waals surface area (Å²) in [6.45, 7) is 2.53. The molecule has 5 atom stereocenters. The van der Waals surface area contributed by atoms with Gasteiger partial charge in [-0.15, -0.1) is 0 Å². The Morgan fingerprint density at radius 3 is 1.36 bits per heavy atom. The van der Waals surface area contributed by atoms with Crippen LogP contribution in [0.2, 0.25) is 0 Å². The Hall–Kier alpha value is -4.19. The molecule has 0 unspecified atom stereocenters. The molecule has 1 heterocycles. The third-order valence-electron chi connectivity index (χ3n) is 8.40. The molecule has 5 aromatic rings. The first-order valence-electron chi connectivity index (χ1n) is 16.7. The molecule has 0 saturated carbocycles. The SMILES string of the molecule is Cc1ccc(S(=O)(=O)OC[C@H]2O[C@@H](OCc3ccccc3)[C@H](OCc3ccccc3)[C@@H](OCc3ccccc3)[C@@H]2OCc2ccccc2)cc1. The van der Waals surface area contributed by atoms with Crippen molar-refractivity contribution in [1.29, 1.82) is 0 Å². The molecule has 9 heteroatoms. The normalized spacial score (nSPS) is 20.8. The molecule has 0 bridgehead atoms. The Morgan fingerprint density at radius 2 is 0.900 bits per heavy atom. The van der Waals surface area contributed by atoms with Gasteiger partial charge in [0.25, 0.3) is 10.1 Å². The second kappa shape index (κ2) is 17.6. The van der Waals surface area contributed by atoms with Gasteiger partial charge in [-0.25, -0.2) is 0 Å². The first-order valence-corrected chi connectivity index (χ1v) is 18.1. The van der Waals surface area contributed by atoms with E-state index in [2.05, 4.69) is 0 Å². The van der Waals surface area contributed by atoms with Gasteiger partial charge in [-0.05, 0) is 41.3 Å². The largest absolute Gasteiger partial charge is 0.368 e. The van der Waals surface area contributed by atoms with Gasteiger partial charge >= 0.3 is 0 Å². The van der Waals surface area contributed by atoms with Crippen LogP contribution in [-0.4, -0.2) is 45.7 Å². The number of rotatable bonds is 16. The maximum Gasteiger partial charge on any atom is 0.297 e. The van der Waals surface area contributed by atoms with E-state index in [-0.39, 0.29) is 37.9 Å². The number of hydrogen-bond donors (Lipinski definition) is 0. The average Bonchev–Trinajstić information content (AvgIpc) is 3.16. The highest BCUT2D eigenvalue weighted by Gasteiger charge is 2.49. The van der Waals surface area contributed by atoms with Crippen LogP contribution in [0.4, 0.5) is 0 Å². The smallest absolute Gasteiger partial charge is 0.297 e. The van der Waals surface area contributed by atoms with Gasteiger partial charge in [-0.1, -0.05) is 139 Å². The Kier molecular flexibility index (Phi) is 12.6. The lowest BCUT2D eigenvalue weighted by Crippen LogP contribution is -2.61. The fourth-order valence-corrected chi connectivity index (χ4v) is 6.62. The quantitative estimate of drug-likeness (QED) is 0.0988. The molecule has 1 fully saturated rings. The summed E-state index contributed by atoms with van der Waals surface area (Å²) in [5.41, 5.74) is 4.74. The van der Waals surface area contributed by atoms with Gasteiger partial charge in [0.05, 0.1) is 37.9 Å². The molecule has 1 saturated heterocycles. The average molecular weight is 695 g/mol. The fraction of sp³-hybridized carbons (Fsp3) is 0.268. The highest BCUT2D eigenvalue weighted by molar-refractivity contribution is 7.86. The molecule has 1 aliphatic rings. The second-order valence-corrected chi connectivity index (χ2v) is 13.8. The van der Waals surface area contributed by atoms with E-state index in [4.69, 9.17) is 27.9 Å². The van der Waals surface area contributed by atoms with Crippen LogP contribution in [0.5, 0.6) is 0 Å². The summed E-state index contributed by atoms with van der Waals surface area (Å²) in [4.78, 5) is 0.0542. The van der Waals surface area contributed by atoms with Crippen LogP contribution in [-0.2, 0) is 64.4 Å². The van der Waals surface area contributed by atoms with Gasteiger partial charge in [0.15, 0.2) is 6.29 Å². The predicted molar refractivity (Wildman–Crippen MR) is 189 cm³/mol. The van der Waals surface area contributed by atoms with Crippen molar-refractivity contribution < 1.29 is 36.3 Å². The molecule has 6 rings (SSSR count). The minimum absolute atomic E-state index is 0.0542. The molecule has 50 heavy (non-hydrogen) atoms. The van der Waals surface area contributed by atoms with Crippen molar-refractivity contribution in [3.05, 3.63) is 173 Å². The zero-order chi connectivity index (χ0) is 34.6. The monoisotopic (exact) mass is 694 g/mol. The summed E-state index contributed by atoms with van der Waals surface area (Å²) >= 11 is 0. The Balaban J connectivity index is 1.33. The lowest BCUT2D eigenvalue weighted by atomic mass is 9.97. The summed E-state index contributed by atoms with van der Waals surface area (Å²) in [7, 11) is -4.12. The molecular formula is C41H42O8S. The van der Waals surface area contributed by atoms with E-state index in [1.54, 1.807) is 12.1 Å².